The van der Waals surface area contributed by atoms with E-state index in [1.165, 1.54) is 61.7 Å². The van der Waals surface area contributed by atoms with E-state index in [1.54, 1.807) is 0 Å². The van der Waals surface area contributed by atoms with Crippen molar-refractivity contribution in [3.8, 4) is 33.4 Å². The summed E-state index contributed by atoms with van der Waals surface area (Å²) in [5.41, 5.74) is 14.9. The van der Waals surface area contributed by atoms with Crippen molar-refractivity contribution < 1.29 is 0 Å². The fourth-order valence-corrected chi connectivity index (χ4v) is 7.48. The first-order valence-corrected chi connectivity index (χ1v) is 15.4. The average molecular weight is 563 g/mol. The molecule has 208 valence electrons. The number of fused-ring (bicyclic) bond motifs is 10. The number of hydrogen-bond acceptors (Lipinski definition) is 2. The third-order valence-corrected chi connectivity index (χ3v) is 9.34. The van der Waals surface area contributed by atoms with E-state index in [4.69, 9.17) is 0 Å². The highest BCUT2D eigenvalue weighted by molar-refractivity contribution is 6.02. The molecule has 9 rings (SSSR count). The van der Waals surface area contributed by atoms with Crippen molar-refractivity contribution in [1.82, 2.24) is 0 Å². The first-order chi connectivity index (χ1) is 21.9. The van der Waals surface area contributed by atoms with Gasteiger partial charge in [-0.05, 0) is 58.7 Å². The monoisotopic (exact) mass is 562 g/mol. The van der Waals surface area contributed by atoms with Crippen LogP contribution >= 0.6 is 0 Å². The van der Waals surface area contributed by atoms with Gasteiger partial charge < -0.3 is 9.80 Å². The molecule has 3 aliphatic rings. The fraction of sp³-hybridized carbons (Fsp3) is 0.0476. The minimum Gasteiger partial charge on any atom is -0.333 e. The topological polar surface area (TPSA) is 6.48 Å². The third kappa shape index (κ3) is 3.74. The molecule has 2 heteroatoms. The highest BCUT2D eigenvalue weighted by atomic mass is 15.2. The predicted molar refractivity (Wildman–Crippen MR) is 184 cm³/mol. The summed E-state index contributed by atoms with van der Waals surface area (Å²) >= 11 is 0. The molecule has 0 bridgehead atoms. The molecule has 2 nitrogen and oxygen atoms in total. The lowest BCUT2D eigenvalue weighted by Crippen LogP contribution is -2.34. The Morgan fingerprint density at radius 1 is 0.386 bits per heavy atom. The van der Waals surface area contributed by atoms with Crippen LogP contribution in [0.5, 0.6) is 0 Å². The van der Waals surface area contributed by atoms with Crippen LogP contribution in [0.1, 0.15) is 11.5 Å². The van der Waals surface area contributed by atoms with Crippen molar-refractivity contribution in [2.24, 2.45) is 0 Å². The lowest BCUT2D eigenvalue weighted by atomic mass is 9.85. The number of anilines is 5. The molecule has 6 aromatic rings. The lowest BCUT2D eigenvalue weighted by molar-refractivity contribution is 0.697. The Hall–Kier alpha value is -5.60. The summed E-state index contributed by atoms with van der Waals surface area (Å²) in [6.07, 6.45) is 9.13. The fourth-order valence-electron chi connectivity index (χ4n) is 7.48. The molecule has 2 atom stereocenters. The molecule has 44 heavy (non-hydrogen) atoms. The van der Waals surface area contributed by atoms with Gasteiger partial charge in [-0.1, -0.05) is 133 Å². The molecular formula is C42H30N2. The van der Waals surface area contributed by atoms with Crippen molar-refractivity contribution in [1.29, 1.82) is 0 Å². The molecule has 0 saturated heterocycles. The number of nitrogens with zero attached hydrogens (tertiary/aromatic N) is 2. The highest BCUT2D eigenvalue weighted by Crippen LogP contribution is 2.52. The quantitative estimate of drug-likeness (QED) is 0.207. The van der Waals surface area contributed by atoms with E-state index in [1.807, 2.05) is 0 Å². The molecule has 2 unspecified atom stereocenters. The normalized spacial score (nSPS) is 17.3. The second-order valence-corrected chi connectivity index (χ2v) is 11.7. The van der Waals surface area contributed by atoms with Crippen LogP contribution < -0.4 is 9.80 Å². The summed E-state index contributed by atoms with van der Waals surface area (Å²) in [7, 11) is 0. The lowest BCUT2D eigenvalue weighted by Gasteiger charge is -2.37. The Balaban J connectivity index is 1.27. The molecular weight excluding hydrogens is 532 g/mol. The Morgan fingerprint density at radius 3 is 1.57 bits per heavy atom. The van der Waals surface area contributed by atoms with Crippen molar-refractivity contribution in [2.45, 2.75) is 12.0 Å². The molecule has 2 heterocycles. The minimum atomic E-state index is 0.146. The number of rotatable bonds is 2. The molecule has 6 aromatic carbocycles. The smallest absolute Gasteiger partial charge is 0.0629 e. The second-order valence-electron chi connectivity index (χ2n) is 11.7. The molecule has 0 radical (unpaired) electrons. The summed E-state index contributed by atoms with van der Waals surface area (Å²) in [5, 5.41) is 0. The van der Waals surface area contributed by atoms with Gasteiger partial charge in [0.2, 0.25) is 0 Å². The molecule has 0 saturated carbocycles. The SMILES string of the molecule is C1=CC2c3ccccc3-c3ccccc3N(c3cccc(N4c5ccccc5-c5ccccc5-c5ccccc54)c3)C2C=C1. The second kappa shape index (κ2) is 10.00. The van der Waals surface area contributed by atoms with E-state index >= 15 is 0 Å². The van der Waals surface area contributed by atoms with Gasteiger partial charge in [-0.25, -0.2) is 0 Å². The van der Waals surface area contributed by atoms with Crippen LogP contribution in [0, 0.1) is 0 Å². The van der Waals surface area contributed by atoms with Gasteiger partial charge in [0, 0.05) is 39.7 Å². The van der Waals surface area contributed by atoms with E-state index in [9.17, 15) is 0 Å². The molecule has 0 fully saturated rings. The maximum Gasteiger partial charge on any atom is 0.0629 e. The molecule has 0 spiro atoms. The van der Waals surface area contributed by atoms with Gasteiger partial charge in [-0.3, -0.25) is 0 Å². The average Bonchev–Trinajstić information content (AvgIpc) is 3.30. The highest BCUT2D eigenvalue weighted by Gasteiger charge is 2.35. The maximum absolute atomic E-state index is 2.55. The van der Waals surface area contributed by atoms with E-state index in [-0.39, 0.29) is 12.0 Å². The standard InChI is InChI=1S/C42H30N2/c1-2-17-32-31(16-1)35-20-5-9-24-39(35)43(40-25-10-6-21-36(32)40)29-14-13-15-30(28-29)44-41-26-11-7-22-37(41)33-18-3-4-19-34(33)38-23-8-12-27-42(38)44/h1-28,35,39H. The maximum atomic E-state index is 2.55. The largest absolute Gasteiger partial charge is 0.333 e. The molecule has 1 aliphatic carbocycles. The van der Waals surface area contributed by atoms with Gasteiger partial charge in [-0.2, -0.15) is 0 Å². The first-order valence-electron chi connectivity index (χ1n) is 15.4. The summed E-state index contributed by atoms with van der Waals surface area (Å²) < 4.78 is 0. The predicted octanol–water partition coefficient (Wildman–Crippen LogP) is 11.2. The molecule has 2 aliphatic heterocycles. The third-order valence-electron chi connectivity index (χ3n) is 9.34. The Kier molecular flexibility index (Phi) is 5.67. The van der Waals surface area contributed by atoms with Crippen molar-refractivity contribution >= 4 is 28.4 Å². The molecule has 0 amide bonds. The van der Waals surface area contributed by atoms with Crippen molar-refractivity contribution in [3.05, 3.63) is 175 Å². The Bertz CT molecular complexity index is 2050. The summed E-state index contributed by atoms with van der Waals surface area (Å²) in [5.74, 6) is 0.237. The molecule has 0 aromatic heterocycles. The zero-order valence-corrected chi connectivity index (χ0v) is 24.2. The van der Waals surface area contributed by atoms with Crippen LogP contribution in [0.15, 0.2) is 170 Å². The van der Waals surface area contributed by atoms with Gasteiger partial charge in [0.15, 0.2) is 0 Å². The van der Waals surface area contributed by atoms with Gasteiger partial charge >= 0.3 is 0 Å². The number of benzene rings is 6. The number of allylic oxidation sites excluding steroid dienone is 2. The summed E-state index contributed by atoms with van der Waals surface area (Å²) in [6.45, 7) is 0. The first kappa shape index (κ1) is 24.9. The van der Waals surface area contributed by atoms with Crippen molar-refractivity contribution in [2.75, 3.05) is 9.80 Å². The van der Waals surface area contributed by atoms with E-state index in [0.29, 0.717) is 0 Å². The van der Waals surface area contributed by atoms with Crippen LogP contribution in [-0.2, 0) is 0 Å². The van der Waals surface area contributed by atoms with Crippen LogP contribution in [0.3, 0.4) is 0 Å². The van der Waals surface area contributed by atoms with Gasteiger partial charge in [-0.15, -0.1) is 0 Å². The van der Waals surface area contributed by atoms with Gasteiger partial charge in [0.25, 0.3) is 0 Å². The van der Waals surface area contributed by atoms with E-state index in [0.717, 1.165) is 5.69 Å². The van der Waals surface area contributed by atoms with Crippen molar-refractivity contribution in [3.63, 3.8) is 0 Å². The van der Waals surface area contributed by atoms with E-state index < -0.39 is 0 Å². The van der Waals surface area contributed by atoms with Crippen LogP contribution in [0.2, 0.25) is 0 Å². The summed E-state index contributed by atoms with van der Waals surface area (Å²) in [6, 6.07) is 53.4. The number of hydrogen-bond donors (Lipinski definition) is 0. The summed E-state index contributed by atoms with van der Waals surface area (Å²) in [4.78, 5) is 4.99. The zero-order chi connectivity index (χ0) is 29.0. The minimum absolute atomic E-state index is 0.146. The van der Waals surface area contributed by atoms with Crippen LogP contribution in [-0.4, -0.2) is 6.04 Å². The van der Waals surface area contributed by atoms with Crippen LogP contribution in [0.25, 0.3) is 33.4 Å². The zero-order valence-electron chi connectivity index (χ0n) is 24.2. The Morgan fingerprint density at radius 2 is 0.886 bits per heavy atom. The van der Waals surface area contributed by atoms with E-state index in [2.05, 4.69) is 180 Å². The van der Waals surface area contributed by atoms with Gasteiger partial charge in [0.05, 0.1) is 17.4 Å². The number of para-hydroxylation sites is 3. The van der Waals surface area contributed by atoms with Crippen LogP contribution in [0.4, 0.5) is 28.4 Å². The molecule has 0 N–H and O–H groups in total. The van der Waals surface area contributed by atoms with Gasteiger partial charge in [0.1, 0.15) is 0 Å². The Labute approximate surface area is 258 Å².